The van der Waals surface area contributed by atoms with Crippen molar-refractivity contribution in [1.29, 1.82) is 0 Å². The van der Waals surface area contributed by atoms with Crippen LogP contribution in [0.5, 0.6) is 0 Å². The van der Waals surface area contributed by atoms with Gasteiger partial charge in [-0.05, 0) is 25.0 Å². The number of hydrogen-bond acceptors (Lipinski definition) is 8. The number of anilines is 3. The van der Waals surface area contributed by atoms with Crippen LogP contribution in [0.25, 0.3) is 11.2 Å². The molecule has 0 radical (unpaired) electrons. The number of nitrogens with two attached hydrogens (primary N) is 1. The molecule has 1 aliphatic heterocycles. The molecule has 1 saturated heterocycles. The molecule has 0 bridgehead atoms. The summed E-state index contributed by atoms with van der Waals surface area (Å²) in [5, 5.41) is 24.2. The molecule has 0 amide bonds. The van der Waals surface area contributed by atoms with Crippen molar-refractivity contribution in [1.82, 2.24) is 25.4 Å². The van der Waals surface area contributed by atoms with Crippen LogP contribution in [-0.2, 0) is 6.54 Å². The lowest BCUT2D eigenvalue weighted by atomic mass is 10.2. The van der Waals surface area contributed by atoms with Gasteiger partial charge in [0.2, 0.25) is 11.6 Å². The Morgan fingerprint density at radius 3 is 3.04 bits per heavy atom. The molecule has 9 nitrogen and oxygen atoms in total. The van der Waals surface area contributed by atoms with Crippen LogP contribution in [-0.4, -0.2) is 49.7 Å². The largest absolute Gasteiger partial charge is 0.398 e. The fraction of sp³-hybridized carbons (Fsp3) is 0.375. The first-order valence-corrected chi connectivity index (χ1v) is 8.78. The standard InChI is InChI=1S/C16H19ClN8O/c17-11-4-1-5-12(18)10(11)7-19-14-13-15(23-24-22-13)21-16(20-14)25-6-2-3-9(25)8-26/h1,4-5,9,26H,2-3,6-8,18H2,(H2,19,20,21,22,23,24)/t9-/m1/s1. The summed E-state index contributed by atoms with van der Waals surface area (Å²) in [7, 11) is 0. The van der Waals surface area contributed by atoms with Crippen LogP contribution in [0.4, 0.5) is 17.5 Å². The summed E-state index contributed by atoms with van der Waals surface area (Å²) in [4.78, 5) is 11.1. The summed E-state index contributed by atoms with van der Waals surface area (Å²) in [6, 6.07) is 5.42. The number of aliphatic hydroxyl groups excluding tert-OH is 1. The second-order valence-electron chi connectivity index (χ2n) is 6.20. The summed E-state index contributed by atoms with van der Waals surface area (Å²) < 4.78 is 0. The van der Waals surface area contributed by atoms with Crippen molar-refractivity contribution in [3.05, 3.63) is 28.8 Å². The zero-order valence-corrected chi connectivity index (χ0v) is 14.7. The first-order valence-electron chi connectivity index (χ1n) is 8.40. The van der Waals surface area contributed by atoms with Crippen LogP contribution in [0.1, 0.15) is 18.4 Å². The molecule has 2 aromatic heterocycles. The third-order valence-electron chi connectivity index (χ3n) is 4.60. The van der Waals surface area contributed by atoms with Gasteiger partial charge in [-0.1, -0.05) is 17.7 Å². The van der Waals surface area contributed by atoms with E-state index in [-0.39, 0.29) is 12.6 Å². The van der Waals surface area contributed by atoms with Crippen molar-refractivity contribution in [2.24, 2.45) is 0 Å². The Morgan fingerprint density at radius 1 is 1.35 bits per heavy atom. The number of fused-ring (bicyclic) bond motifs is 1. The van der Waals surface area contributed by atoms with E-state index < -0.39 is 0 Å². The Balaban J connectivity index is 1.67. The van der Waals surface area contributed by atoms with Gasteiger partial charge in [-0.2, -0.15) is 20.3 Å². The number of aromatic amines is 1. The maximum atomic E-state index is 9.58. The smallest absolute Gasteiger partial charge is 0.229 e. The Labute approximate surface area is 154 Å². The third kappa shape index (κ3) is 2.99. The van der Waals surface area contributed by atoms with Gasteiger partial charge in [0.25, 0.3) is 0 Å². The van der Waals surface area contributed by atoms with Crippen LogP contribution >= 0.6 is 11.6 Å². The molecule has 1 atom stereocenters. The average Bonchev–Trinajstić information content (AvgIpc) is 3.29. The minimum Gasteiger partial charge on any atom is -0.398 e. The number of aliphatic hydroxyl groups is 1. The van der Waals surface area contributed by atoms with Crippen molar-refractivity contribution in [3.8, 4) is 0 Å². The lowest BCUT2D eigenvalue weighted by Gasteiger charge is -2.23. The highest BCUT2D eigenvalue weighted by Crippen LogP contribution is 2.28. The van der Waals surface area contributed by atoms with E-state index in [1.165, 1.54) is 0 Å². The quantitative estimate of drug-likeness (QED) is 0.495. The molecule has 1 aliphatic rings. The van der Waals surface area contributed by atoms with Gasteiger partial charge in [0, 0.05) is 29.4 Å². The Morgan fingerprint density at radius 2 is 2.23 bits per heavy atom. The number of rotatable bonds is 5. The third-order valence-corrected chi connectivity index (χ3v) is 4.96. The molecule has 1 fully saturated rings. The number of nitrogens with one attached hydrogen (secondary N) is 2. The fourth-order valence-corrected chi connectivity index (χ4v) is 3.46. The van der Waals surface area contributed by atoms with E-state index >= 15 is 0 Å². The van der Waals surface area contributed by atoms with Gasteiger partial charge in [0.1, 0.15) is 0 Å². The zero-order chi connectivity index (χ0) is 18.1. The molecule has 10 heteroatoms. The normalized spacial score (nSPS) is 17.2. The maximum absolute atomic E-state index is 9.58. The van der Waals surface area contributed by atoms with Crippen molar-refractivity contribution in [2.45, 2.75) is 25.4 Å². The van der Waals surface area contributed by atoms with Crippen LogP contribution in [0.15, 0.2) is 18.2 Å². The number of nitrogens with zero attached hydrogens (tertiary/aromatic N) is 5. The molecule has 26 heavy (non-hydrogen) atoms. The zero-order valence-electron chi connectivity index (χ0n) is 14.0. The van der Waals surface area contributed by atoms with Gasteiger partial charge >= 0.3 is 0 Å². The van der Waals surface area contributed by atoms with Crippen molar-refractivity contribution >= 4 is 40.2 Å². The van der Waals surface area contributed by atoms with Crippen molar-refractivity contribution < 1.29 is 5.11 Å². The first-order chi connectivity index (χ1) is 12.7. The van der Waals surface area contributed by atoms with Crippen molar-refractivity contribution in [2.75, 3.05) is 29.1 Å². The molecule has 3 heterocycles. The van der Waals surface area contributed by atoms with E-state index in [2.05, 4.69) is 30.7 Å². The number of hydrogen-bond donors (Lipinski definition) is 4. The van der Waals surface area contributed by atoms with Gasteiger partial charge in [-0.3, -0.25) is 0 Å². The van der Waals surface area contributed by atoms with E-state index in [0.717, 1.165) is 24.9 Å². The van der Waals surface area contributed by atoms with Crippen LogP contribution in [0, 0.1) is 0 Å². The van der Waals surface area contributed by atoms with Gasteiger partial charge < -0.3 is 21.1 Å². The lowest BCUT2D eigenvalue weighted by molar-refractivity contribution is 0.265. The van der Waals surface area contributed by atoms with E-state index in [0.29, 0.717) is 40.2 Å². The minimum atomic E-state index is 0.0198. The number of benzene rings is 1. The molecular formula is C16H19ClN8O. The summed E-state index contributed by atoms with van der Waals surface area (Å²) >= 11 is 6.24. The molecule has 0 saturated carbocycles. The summed E-state index contributed by atoms with van der Waals surface area (Å²) in [6.07, 6.45) is 1.90. The molecule has 0 spiro atoms. The highest BCUT2D eigenvalue weighted by molar-refractivity contribution is 6.31. The Hall–Kier alpha value is -2.65. The molecule has 4 rings (SSSR count). The molecule has 136 valence electrons. The predicted molar refractivity (Wildman–Crippen MR) is 100 cm³/mol. The Bertz CT molecular complexity index is 910. The van der Waals surface area contributed by atoms with Crippen LogP contribution in [0.2, 0.25) is 5.02 Å². The summed E-state index contributed by atoms with van der Waals surface area (Å²) in [5.41, 5.74) is 8.42. The molecule has 5 N–H and O–H groups in total. The van der Waals surface area contributed by atoms with Gasteiger partial charge in [-0.25, -0.2) is 0 Å². The SMILES string of the molecule is Nc1cccc(Cl)c1CNc1nc(N2CCC[C@@H]2CO)nc2n[nH]nc12. The van der Waals surface area contributed by atoms with Gasteiger partial charge in [0.15, 0.2) is 11.3 Å². The number of nitrogen functional groups attached to an aromatic ring is 1. The number of halogens is 1. The highest BCUT2D eigenvalue weighted by Gasteiger charge is 2.27. The maximum Gasteiger partial charge on any atom is 0.229 e. The highest BCUT2D eigenvalue weighted by atomic mass is 35.5. The molecule has 0 aliphatic carbocycles. The van der Waals surface area contributed by atoms with Gasteiger partial charge in [0.05, 0.1) is 12.6 Å². The summed E-state index contributed by atoms with van der Waals surface area (Å²) in [6.45, 7) is 1.26. The van der Waals surface area contributed by atoms with Gasteiger partial charge in [-0.15, -0.1) is 5.10 Å². The average molecular weight is 375 g/mol. The number of H-pyrrole nitrogens is 1. The monoisotopic (exact) mass is 374 g/mol. The van der Waals surface area contributed by atoms with Crippen molar-refractivity contribution in [3.63, 3.8) is 0 Å². The Kier molecular flexibility index (Phi) is 4.48. The first kappa shape index (κ1) is 16.8. The molecule has 3 aromatic rings. The van der Waals surface area contributed by atoms with E-state index in [9.17, 15) is 5.11 Å². The molecule has 1 aromatic carbocycles. The fourth-order valence-electron chi connectivity index (χ4n) is 3.21. The molecule has 0 unspecified atom stereocenters. The second kappa shape index (κ2) is 6.93. The predicted octanol–water partition coefficient (Wildman–Crippen LogP) is 1.56. The van der Waals surface area contributed by atoms with E-state index in [1.807, 2.05) is 11.0 Å². The summed E-state index contributed by atoms with van der Waals surface area (Å²) in [5.74, 6) is 1.07. The topological polar surface area (TPSA) is 129 Å². The van der Waals surface area contributed by atoms with Crippen LogP contribution in [0.3, 0.4) is 0 Å². The minimum absolute atomic E-state index is 0.0198. The van der Waals surface area contributed by atoms with E-state index in [4.69, 9.17) is 17.3 Å². The van der Waals surface area contributed by atoms with E-state index in [1.54, 1.807) is 12.1 Å². The number of aromatic nitrogens is 5. The lowest BCUT2D eigenvalue weighted by Crippen LogP contribution is -2.33. The molecular weight excluding hydrogens is 356 g/mol. The second-order valence-corrected chi connectivity index (χ2v) is 6.61. The van der Waals surface area contributed by atoms with Crippen LogP contribution < -0.4 is 16.0 Å².